The van der Waals surface area contributed by atoms with Gasteiger partial charge in [0.25, 0.3) is 7.41 Å². The monoisotopic (exact) mass is 611 g/mol. The van der Waals surface area contributed by atoms with Gasteiger partial charge in [-0.2, -0.15) is 0 Å². The second-order valence-electron chi connectivity index (χ2n) is 7.60. The highest BCUT2D eigenvalue weighted by Gasteiger charge is 2.23. The maximum atomic E-state index is 12.5. The van der Waals surface area contributed by atoms with E-state index in [9.17, 15) is 9.59 Å². The number of hydrogen-bond acceptors (Lipinski definition) is 5. The van der Waals surface area contributed by atoms with Crippen LogP contribution >= 0.6 is 45.2 Å². The summed E-state index contributed by atoms with van der Waals surface area (Å²) in [5, 5.41) is 3.01. The number of anilines is 1. The summed E-state index contributed by atoms with van der Waals surface area (Å²) >= 11 is 4.79. The molecule has 0 bridgehead atoms. The van der Waals surface area contributed by atoms with Crippen molar-refractivity contribution in [1.82, 2.24) is 5.23 Å². The van der Waals surface area contributed by atoms with E-state index in [-0.39, 0.29) is 18.3 Å². The van der Waals surface area contributed by atoms with Crippen molar-refractivity contribution in [2.75, 3.05) is 33.4 Å². The standard InChI is InChI=1S/C20H30BI2N2O3/c1-15-5-6-17(25(9-7-22)10-8-23)12-18(15)16(13-24-21-14-26)11-19(27)28-20(2,3)4/h5-6,12,14,16,24H,7-11,13H2,1-4H3. The molecule has 1 aromatic rings. The van der Waals surface area contributed by atoms with Crippen molar-refractivity contribution < 1.29 is 14.3 Å². The highest BCUT2D eigenvalue weighted by atomic mass is 127. The minimum atomic E-state index is -0.516. The Kier molecular flexibility index (Phi) is 12.0. The number of carbonyl (C=O) groups excluding carboxylic acids is 2. The number of benzene rings is 1. The zero-order chi connectivity index (χ0) is 21.2. The molecule has 1 unspecified atom stereocenters. The Morgan fingerprint density at radius 2 is 1.93 bits per heavy atom. The van der Waals surface area contributed by atoms with Crippen LogP contribution in [0, 0.1) is 6.92 Å². The predicted molar refractivity (Wildman–Crippen MR) is 135 cm³/mol. The van der Waals surface area contributed by atoms with Gasteiger partial charge in [-0.05, 0) is 57.5 Å². The fourth-order valence-corrected chi connectivity index (χ4v) is 4.14. The third-order valence-electron chi connectivity index (χ3n) is 4.16. The van der Waals surface area contributed by atoms with E-state index in [4.69, 9.17) is 4.74 Å². The molecule has 0 saturated carbocycles. The number of aryl methyl sites for hydroxylation is 1. The number of alkyl halides is 2. The second-order valence-corrected chi connectivity index (χ2v) is 9.76. The third-order valence-corrected chi connectivity index (χ3v) is 5.12. The van der Waals surface area contributed by atoms with Gasteiger partial charge in [0.05, 0.1) is 12.6 Å². The van der Waals surface area contributed by atoms with Crippen LogP contribution in [0.5, 0.6) is 0 Å². The molecule has 5 nitrogen and oxygen atoms in total. The smallest absolute Gasteiger partial charge is 0.306 e. The molecule has 0 aromatic heterocycles. The van der Waals surface area contributed by atoms with E-state index in [0.717, 1.165) is 39.3 Å². The molecule has 1 radical (unpaired) electrons. The van der Waals surface area contributed by atoms with Crippen LogP contribution in [0.2, 0.25) is 0 Å². The molecule has 0 saturated heterocycles. The lowest BCUT2D eigenvalue weighted by Crippen LogP contribution is -2.31. The maximum Gasteiger partial charge on any atom is 0.306 e. The zero-order valence-corrected chi connectivity index (χ0v) is 21.4. The average Bonchev–Trinajstić information content (AvgIpc) is 2.60. The first-order valence-electron chi connectivity index (χ1n) is 9.41. The number of nitrogens with zero attached hydrogens (tertiary/aromatic N) is 1. The van der Waals surface area contributed by atoms with Gasteiger partial charge in [-0.25, -0.2) is 0 Å². The lowest BCUT2D eigenvalue weighted by atomic mass is 9.88. The van der Waals surface area contributed by atoms with Gasteiger partial charge in [0.1, 0.15) is 5.60 Å². The molecule has 1 atom stereocenters. The van der Waals surface area contributed by atoms with Crippen LogP contribution < -0.4 is 10.1 Å². The highest BCUT2D eigenvalue weighted by molar-refractivity contribution is 14.1. The Morgan fingerprint density at radius 1 is 1.29 bits per heavy atom. The number of rotatable bonds is 12. The van der Waals surface area contributed by atoms with E-state index in [1.165, 1.54) is 13.1 Å². The summed E-state index contributed by atoms with van der Waals surface area (Å²) in [7, 11) is 1.37. The molecule has 0 amide bonds. The minimum absolute atomic E-state index is 0.0768. The molecule has 1 rings (SSSR count). The Morgan fingerprint density at radius 3 is 2.46 bits per heavy atom. The first-order chi connectivity index (χ1) is 13.2. The fraction of sp³-hybridized carbons (Fsp3) is 0.600. The van der Waals surface area contributed by atoms with Crippen LogP contribution in [0.25, 0.3) is 0 Å². The Bertz CT molecular complexity index is 632. The molecule has 1 N–H and O–H groups in total. The number of ether oxygens (including phenoxy) is 1. The quantitative estimate of drug-likeness (QED) is 0.0972. The van der Waals surface area contributed by atoms with E-state index >= 15 is 0 Å². The number of nitrogens with one attached hydrogen (secondary N) is 1. The summed E-state index contributed by atoms with van der Waals surface area (Å²) in [6.07, 6.45) is 0.982. The highest BCUT2D eigenvalue weighted by Crippen LogP contribution is 2.29. The zero-order valence-electron chi connectivity index (χ0n) is 17.1. The topological polar surface area (TPSA) is 58.6 Å². The summed E-state index contributed by atoms with van der Waals surface area (Å²) in [6, 6.07) is 6.45. The molecule has 8 heteroatoms. The summed E-state index contributed by atoms with van der Waals surface area (Å²) in [4.78, 5) is 25.5. The molecule has 1 aromatic carbocycles. The molecule has 0 spiro atoms. The number of carbonyl (C=O) groups is 2. The van der Waals surface area contributed by atoms with Gasteiger partial charge in [-0.15, -0.1) is 0 Å². The van der Waals surface area contributed by atoms with Gasteiger partial charge in [0.2, 0.25) is 0 Å². The van der Waals surface area contributed by atoms with Crippen molar-refractivity contribution in [3.8, 4) is 0 Å². The molecule has 0 aliphatic heterocycles. The second kappa shape index (κ2) is 13.0. The Labute approximate surface area is 197 Å². The molecular weight excluding hydrogens is 581 g/mol. The summed E-state index contributed by atoms with van der Waals surface area (Å²) in [5.74, 6) is -0.307. The normalized spacial score (nSPS) is 12.4. The van der Waals surface area contributed by atoms with Crippen molar-refractivity contribution in [3.05, 3.63) is 29.3 Å². The average molecular weight is 611 g/mol. The molecule has 0 aliphatic rings. The Balaban J connectivity index is 3.13. The van der Waals surface area contributed by atoms with Crippen LogP contribution in [-0.2, 0) is 14.3 Å². The Hall–Kier alpha value is -0.355. The number of esters is 1. The van der Waals surface area contributed by atoms with Crippen LogP contribution in [0.1, 0.15) is 44.2 Å². The molecule has 0 fully saturated rings. The van der Waals surface area contributed by atoms with E-state index in [2.05, 4.69) is 80.4 Å². The lowest BCUT2D eigenvalue weighted by molar-refractivity contribution is -0.155. The lowest BCUT2D eigenvalue weighted by Gasteiger charge is -2.27. The minimum Gasteiger partial charge on any atom is -0.460 e. The molecule has 0 aliphatic carbocycles. The summed E-state index contributed by atoms with van der Waals surface area (Å²) in [5.41, 5.74) is 2.90. The first-order valence-corrected chi connectivity index (χ1v) is 12.5. The van der Waals surface area contributed by atoms with Gasteiger partial charge in [-0.3, -0.25) is 4.79 Å². The summed E-state index contributed by atoms with van der Waals surface area (Å²) < 4.78 is 7.63. The molecular formula is C20H30BI2N2O3. The van der Waals surface area contributed by atoms with Crippen molar-refractivity contribution >= 4 is 70.4 Å². The predicted octanol–water partition coefficient (Wildman–Crippen LogP) is 3.89. The summed E-state index contributed by atoms with van der Waals surface area (Å²) in [6.45, 7) is 10.1. The van der Waals surface area contributed by atoms with Gasteiger partial charge in [0.15, 0.2) is 0 Å². The number of hydrogen-bond donors (Lipinski definition) is 1. The van der Waals surface area contributed by atoms with Crippen LogP contribution in [0.4, 0.5) is 5.69 Å². The maximum absolute atomic E-state index is 12.5. The van der Waals surface area contributed by atoms with Crippen molar-refractivity contribution in [2.24, 2.45) is 0 Å². The largest absolute Gasteiger partial charge is 0.460 e. The van der Waals surface area contributed by atoms with Crippen molar-refractivity contribution in [3.63, 3.8) is 0 Å². The molecule has 155 valence electrons. The van der Waals surface area contributed by atoms with Gasteiger partial charge in [-0.1, -0.05) is 51.2 Å². The van der Waals surface area contributed by atoms with Gasteiger partial charge < -0.3 is 19.7 Å². The van der Waals surface area contributed by atoms with Gasteiger partial charge >= 0.3 is 5.97 Å². The number of halogens is 2. The molecule has 0 heterocycles. The first kappa shape index (κ1) is 25.7. The van der Waals surface area contributed by atoms with E-state index in [1.807, 2.05) is 20.8 Å². The molecule has 28 heavy (non-hydrogen) atoms. The van der Waals surface area contributed by atoms with Crippen LogP contribution in [-0.4, -0.2) is 53.7 Å². The van der Waals surface area contributed by atoms with E-state index in [1.54, 1.807) is 0 Å². The van der Waals surface area contributed by atoms with Crippen molar-refractivity contribution in [2.45, 2.75) is 45.6 Å². The van der Waals surface area contributed by atoms with E-state index in [0.29, 0.717) is 6.54 Å². The SMILES string of the molecule is Cc1ccc(N(CCI)CCI)cc1C(CN[B]C=O)CC(=O)OC(C)(C)C. The van der Waals surface area contributed by atoms with Crippen LogP contribution in [0.15, 0.2) is 18.2 Å². The van der Waals surface area contributed by atoms with Gasteiger partial charge in [0, 0.05) is 33.5 Å². The fourth-order valence-electron chi connectivity index (χ4n) is 2.97. The van der Waals surface area contributed by atoms with E-state index < -0.39 is 5.60 Å². The third kappa shape index (κ3) is 9.43. The van der Waals surface area contributed by atoms with Crippen molar-refractivity contribution in [1.29, 1.82) is 0 Å². The van der Waals surface area contributed by atoms with Crippen LogP contribution in [0.3, 0.4) is 0 Å².